The van der Waals surface area contributed by atoms with Crippen molar-refractivity contribution in [1.29, 1.82) is 0 Å². The number of carboxylic acids is 1. The molecule has 1 rings (SSSR count). The van der Waals surface area contributed by atoms with Crippen molar-refractivity contribution >= 4 is 33.6 Å². The second-order valence-electron chi connectivity index (χ2n) is 4.16. The molecule has 7 nitrogen and oxygen atoms in total. The van der Waals surface area contributed by atoms with Crippen molar-refractivity contribution in [3.63, 3.8) is 0 Å². The van der Waals surface area contributed by atoms with Crippen molar-refractivity contribution < 1.29 is 23.1 Å². The van der Waals surface area contributed by atoms with Crippen LogP contribution in [0.4, 0.5) is 4.79 Å². The first-order valence-corrected chi connectivity index (χ1v) is 8.44. The van der Waals surface area contributed by atoms with Crippen LogP contribution < -0.4 is 0 Å². The maximum Gasteiger partial charge on any atom is 0.327 e. The molecule has 1 atom stereocenters. The van der Waals surface area contributed by atoms with Gasteiger partial charge in [-0.15, -0.1) is 11.8 Å². The second-order valence-corrected chi connectivity index (χ2v) is 7.42. The highest BCUT2D eigenvalue weighted by molar-refractivity contribution is 7.99. The van der Waals surface area contributed by atoms with Crippen molar-refractivity contribution in [2.24, 2.45) is 0 Å². The second kappa shape index (κ2) is 5.79. The summed E-state index contributed by atoms with van der Waals surface area (Å²) in [6, 6.07) is -1.28. The van der Waals surface area contributed by atoms with Crippen LogP contribution in [-0.2, 0) is 14.6 Å². The molecule has 0 aromatic heterocycles. The lowest BCUT2D eigenvalue weighted by atomic mass is 10.3. The molecule has 0 aliphatic carbocycles. The van der Waals surface area contributed by atoms with E-state index >= 15 is 0 Å². The first-order chi connectivity index (χ1) is 8.22. The van der Waals surface area contributed by atoms with Crippen molar-refractivity contribution in [2.45, 2.75) is 6.04 Å². The summed E-state index contributed by atoms with van der Waals surface area (Å²) in [7, 11) is -1.67. The lowest BCUT2D eigenvalue weighted by Gasteiger charge is -2.26. The Kier molecular flexibility index (Phi) is 4.85. The van der Waals surface area contributed by atoms with E-state index in [9.17, 15) is 18.0 Å². The third kappa shape index (κ3) is 4.05. The highest BCUT2D eigenvalue weighted by Gasteiger charge is 2.35. The Morgan fingerprint density at radius 1 is 1.50 bits per heavy atom. The maximum atomic E-state index is 12.0. The fraction of sp³-hybridized carbons (Fsp3) is 0.778. The summed E-state index contributed by atoms with van der Waals surface area (Å²) in [6.07, 6.45) is 1.09. The number of hydrogen-bond acceptors (Lipinski definition) is 5. The maximum absolute atomic E-state index is 12.0. The molecule has 0 spiro atoms. The third-order valence-corrected chi connectivity index (χ3v) is 4.47. The number of aliphatic carboxylic acids is 1. The van der Waals surface area contributed by atoms with Crippen molar-refractivity contribution in [3.8, 4) is 0 Å². The van der Waals surface area contributed by atoms with Gasteiger partial charge in [0.1, 0.15) is 15.9 Å². The number of nitrogens with zero attached hydrogens (tertiary/aromatic N) is 2. The van der Waals surface area contributed by atoms with Gasteiger partial charge >= 0.3 is 12.0 Å². The Morgan fingerprint density at radius 3 is 2.61 bits per heavy atom. The van der Waals surface area contributed by atoms with Crippen LogP contribution in [0.3, 0.4) is 0 Å². The Labute approximate surface area is 110 Å². The number of thioether (sulfide) groups is 1. The Morgan fingerprint density at radius 2 is 2.11 bits per heavy atom. The quantitative estimate of drug-likeness (QED) is 0.754. The number of sulfone groups is 1. The fourth-order valence-electron chi connectivity index (χ4n) is 1.45. The molecule has 104 valence electrons. The van der Waals surface area contributed by atoms with Gasteiger partial charge in [-0.2, -0.15) is 0 Å². The Hall–Kier alpha value is -0.960. The number of hydrogen-bond donors (Lipinski definition) is 1. The lowest BCUT2D eigenvalue weighted by Crippen LogP contribution is -2.48. The molecule has 1 aliphatic heterocycles. The molecular weight excluding hydrogens is 280 g/mol. The molecule has 1 heterocycles. The van der Waals surface area contributed by atoms with Gasteiger partial charge in [-0.25, -0.2) is 18.0 Å². The molecule has 0 aromatic rings. The van der Waals surface area contributed by atoms with Crippen LogP contribution in [0.25, 0.3) is 0 Å². The summed E-state index contributed by atoms with van der Waals surface area (Å²) in [5.41, 5.74) is 0. The van der Waals surface area contributed by atoms with Gasteiger partial charge in [0, 0.05) is 25.6 Å². The van der Waals surface area contributed by atoms with E-state index in [0.29, 0.717) is 11.6 Å². The Bertz CT molecular complexity index is 436. The number of rotatable bonds is 4. The minimum absolute atomic E-state index is 0.0607. The van der Waals surface area contributed by atoms with E-state index in [1.165, 1.54) is 28.6 Å². The normalized spacial score (nSPS) is 19.9. The topological polar surface area (TPSA) is 95.0 Å². The van der Waals surface area contributed by atoms with E-state index in [1.807, 2.05) is 0 Å². The van der Waals surface area contributed by atoms with E-state index in [1.54, 1.807) is 0 Å². The van der Waals surface area contributed by atoms with E-state index < -0.39 is 27.9 Å². The molecule has 0 saturated carbocycles. The summed E-state index contributed by atoms with van der Waals surface area (Å²) in [4.78, 5) is 25.4. The number of carbonyl (C=O) groups excluding carboxylic acids is 1. The zero-order chi connectivity index (χ0) is 13.9. The van der Waals surface area contributed by atoms with Gasteiger partial charge in [-0.3, -0.25) is 0 Å². The molecule has 0 bridgehead atoms. The molecule has 0 unspecified atom stereocenters. The van der Waals surface area contributed by atoms with Crippen LogP contribution >= 0.6 is 11.8 Å². The van der Waals surface area contributed by atoms with Gasteiger partial charge in [-0.1, -0.05) is 0 Å². The molecule has 1 N–H and O–H groups in total. The van der Waals surface area contributed by atoms with Crippen LogP contribution in [0.2, 0.25) is 0 Å². The predicted octanol–water partition coefficient (Wildman–Crippen LogP) is -0.458. The highest BCUT2D eigenvalue weighted by Crippen LogP contribution is 2.22. The monoisotopic (exact) mass is 296 g/mol. The van der Waals surface area contributed by atoms with E-state index in [0.717, 1.165) is 6.26 Å². The number of urea groups is 1. The summed E-state index contributed by atoms with van der Waals surface area (Å²) in [5.74, 6) is -0.488. The SMILES string of the molecule is CN(CCS(C)(=O)=O)C(=O)N1CSC[C@H]1C(=O)O. The van der Waals surface area contributed by atoms with Gasteiger partial charge in [0.25, 0.3) is 0 Å². The molecule has 1 fully saturated rings. The molecule has 2 amide bonds. The summed E-state index contributed by atoms with van der Waals surface area (Å²) >= 11 is 1.37. The molecule has 0 aromatic carbocycles. The third-order valence-electron chi connectivity index (χ3n) is 2.54. The van der Waals surface area contributed by atoms with Crippen molar-refractivity contribution in [2.75, 3.05) is 37.2 Å². The zero-order valence-corrected chi connectivity index (χ0v) is 11.8. The predicted molar refractivity (Wildman–Crippen MR) is 68.3 cm³/mol. The first kappa shape index (κ1) is 15.1. The highest BCUT2D eigenvalue weighted by atomic mass is 32.2. The average Bonchev–Trinajstić information content (AvgIpc) is 2.72. The minimum Gasteiger partial charge on any atom is -0.480 e. The number of amides is 2. The minimum atomic E-state index is -3.14. The van der Waals surface area contributed by atoms with Crippen molar-refractivity contribution in [3.05, 3.63) is 0 Å². The van der Waals surface area contributed by atoms with E-state index in [-0.39, 0.29) is 12.3 Å². The Balaban J connectivity index is 2.60. The van der Waals surface area contributed by atoms with Gasteiger partial charge in [-0.05, 0) is 0 Å². The van der Waals surface area contributed by atoms with Gasteiger partial charge < -0.3 is 14.9 Å². The smallest absolute Gasteiger partial charge is 0.327 e. The molecule has 1 saturated heterocycles. The van der Waals surface area contributed by atoms with Crippen LogP contribution in [0, 0.1) is 0 Å². The largest absolute Gasteiger partial charge is 0.480 e. The average molecular weight is 296 g/mol. The van der Waals surface area contributed by atoms with Crippen molar-refractivity contribution in [1.82, 2.24) is 9.80 Å². The summed E-state index contributed by atoms with van der Waals surface area (Å²) < 4.78 is 22.0. The zero-order valence-electron chi connectivity index (χ0n) is 10.2. The summed E-state index contributed by atoms with van der Waals surface area (Å²) in [5, 5.41) is 8.95. The van der Waals surface area contributed by atoms with Crippen LogP contribution in [0.5, 0.6) is 0 Å². The number of carboxylic acid groups (broad SMARTS) is 1. The molecular formula is C9H16N2O5S2. The fourth-order valence-corrected chi connectivity index (χ4v) is 3.20. The number of carbonyl (C=O) groups is 2. The van der Waals surface area contributed by atoms with E-state index in [4.69, 9.17) is 5.11 Å². The molecule has 9 heteroatoms. The van der Waals surface area contributed by atoms with Gasteiger partial charge in [0.05, 0.1) is 11.6 Å². The molecule has 0 radical (unpaired) electrons. The van der Waals surface area contributed by atoms with Gasteiger partial charge in [0.15, 0.2) is 0 Å². The van der Waals surface area contributed by atoms with Crippen LogP contribution in [0.15, 0.2) is 0 Å². The first-order valence-electron chi connectivity index (χ1n) is 5.22. The standard InChI is InChI=1S/C9H16N2O5S2/c1-10(3-4-18(2,15)16)9(14)11-6-17-5-7(11)8(12)13/h7H,3-6H2,1-2H3,(H,12,13)/t7-/m0/s1. The molecule has 18 heavy (non-hydrogen) atoms. The van der Waals surface area contributed by atoms with Crippen LogP contribution in [-0.4, -0.2) is 78.6 Å². The van der Waals surface area contributed by atoms with Gasteiger partial charge in [0.2, 0.25) is 0 Å². The van der Waals surface area contributed by atoms with Crippen LogP contribution in [0.1, 0.15) is 0 Å². The van der Waals surface area contributed by atoms with E-state index in [2.05, 4.69) is 0 Å². The lowest BCUT2D eigenvalue weighted by molar-refractivity contribution is -0.140. The molecule has 1 aliphatic rings. The summed E-state index contributed by atoms with van der Waals surface area (Å²) in [6.45, 7) is 0.0607.